The maximum absolute atomic E-state index is 4.68. The minimum atomic E-state index is 0.592. The topological polar surface area (TPSA) is 27.6 Å². The molecule has 1 aliphatic heterocycles. The van der Waals surface area contributed by atoms with Crippen molar-refractivity contribution in [3.8, 4) is 0 Å². The smallest absolute Gasteiger partial charge is 0.156 e. The van der Waals surface area contributed by atoms with Crippen LogP contribution in [-0.4, -0.2) is 42.0 Å². The Morgan fingerprint density at radius 1 is 1.33 bits per heavy atom. The second-order valence-corrected chi connectivity index (χ2v) is 7.08. The second-order valence-electron chi connectivity index (χ2n) is 6.07. The van der Waals surface area contributed by atoms with Crippen LogP contribution in [0.4, 0.5) is 0 Å². The molecule has 2 rings (SSSR count). The molecule has 1 saturated heterocycles. The molecule has 1 aliphatic rings. The van der Waals surface area contributed by atoms with Crippen LogP contribution < -0.4 is 5.32 Å². The van der Waals surface area contributed by atoms with Gasteiger partial charge in [0.05, 0.1) is 0 Å². The van der Waals surface area contributed by atoms with Gasteiger partial charge in [-0.05, 0) is 31.5 Å². The summed E-state index contributed by atoms with van der Waals surface area (Å²) in [4.78, 5) is 7.04. The lowest BCUT2D eigenvalue weighted by atomic mass is 10.1. The van der Waals surface area contributed by atoms with Crippen LogP contribution >= 0.6 is 11.8 Å². The number of hydrogen-bond donors (Lipinski definition) is 1. The zero-order valence-electron chi connectivity index (χ0n) is 13.4. The molecule has 116 valence electrons. The molecule has 1 atom stereocenters. The van der Waals surface area contributed by atoms with Crippen molar-refractivity contribution >= 4 is 16.9 Å². The van der Waals surface area contributed by atoms with Gasteiger partial charge in [-0.25, -0.2) is 0 Å². The fourth-order valence-corrected chi connectivity index (χ4v) is 3.58. The second kappa shape index (κ2) is 8.44. The van der Waals surface area contributed by atoms with E-state index in [-0.39, 0.29) is 0 Å². The summed E-state index contributed by atoms with van der Waals surface area (Å²) >= 11 is 1.87. The molecule has 0 saturated carbocycles. The van der Waals surface area contributed by atoms with Gasteiger partial charge in [0, 0.05) is 24.9 Å². The van der Waals surface area contributed by atoms with E-state index in [0.717, 1.165) is 37.0 Å². The third-order valence-corrected chi connectivity index (χ3v) is 4.81. The first-order valence-electron chi connectivity index (χ1n) is 7.81. The Kier molecular flexibility index (Phi) is 6.58. The fourth-order valence-electron chi connectivity index (χ4n) is 2.36. The summed E-state index contributed by atoms with van der Waals surface area (Å²) in [6.07, 6.45) is 1.11. The first-order chi connectivity index (χ1) is 10.1. The van der Waals surface area contributed by atoms with E-state index < -0.39 is 0 Å². The van der Waals surface area contributed by atoms with Crippen LogP contribution in [0.15, 0.2) is 35.3 Å². The molecule has 1 aromatic rings. The summed E-state index contributed by atoms with van der Waals surface area (Å²) in [5.74, 6) is 1.84. The van der Waals surface area contributed by atoms with Gasteiger partial charge in [-0.2, -0.15) is 0 Å². The molecule has 1 aromatic carbocycles. The maximum atomic E-state index is 4.68. The highest BCUT2D eigenvalue weighted by molar-refractivity contribution is 8.14. The van der Waals surface area contributed by atoms with E-state index in [1.54, 1.807) is 0 Å². The molecular weight excluding hydrogens is 278 g/mol. The molecule has 0 amide bonds. The van der Waals surface area contributed by atoms with Gasteiger partial charge in [-0.15, -0.1) is 0 Å². The zero-order chi connectivity index (χ0) is 15.1. The van der Waals surface area contributed by atoms with Gasteiger partial charge in [0.2, 0.25) is 0 Å². The quantitative estimate of drug-likeness (QED) is 0.784. The van der Waals surface area contributed by atoms with Crippen LogP contribution in [0.2, 0.25) is 0 Å². The van der Waals surface area contributed by atoms with Gasteiger partial charge in [-0.3, -0.25) is 4.99 Å². The number of aliphatic imine (C=N–C) groups is 1. The van der Waals surface area contributed by atoms with E-state index in [4.69, 9.17) is 0 Å². The maximum Gasteiger partial charge on any atom is 0.156 e. The summed E-state index contributed by atoms with van der Waals surface area (Å²) in [6.45, 7) is 7.54. The average Bonchev–Trinajstić information content (AvgIpc) is 2.94. The van der Waals surface area contributed by atoms with Crippen LogP contribution in [0.5, 0.6) is 0 Å². The summed E-state index contributed by atoms with van der Waals surface area (Å²) in [5.41, 5.74) is 1.37. The third-order valence-electron chi connectivity index (χ3n) is 3.76. The van der Waals surface area contributed by atoms with Crippen LogP contribution in [0.1, 0.15) is 25.8 Å². The van der Waals surface area contributed by atoms with Crippen LogP contribution in [0.25, 0.3) is 0 Å². The van der Waals surface area contributed by atoms with E-state index in [2.05, 4.69) is 66.4 Å². The first-order valence-corrected chi connectivity index (χ1v) is 8.80. The zero-order valence-corrected chi connectivity index (χ0v) is 14.2. The monoisotopic (exact) mass is 305 g/mol. The Morgan fingerprint density at radius 2 is 2.10 bits per heavy atom. The molecule has 1 fully saturated rings. The molecule has 1 N–H and O–H groups in total. The van der Waals surface area contributed by atoms with Crippen molar-refractivity contribution in [2.24, 2.45) is 10.9 Å². The standard InChI is InChI=1S/C17H27N3S/c1-14(2)16-13-21-17(19-16)18-10-7-11-20(3)12-15-8-5-4-6-9-15/h4-6,8-9,14,16H,7,10-13H2,1-3H3,(H,18,19)/t16-/m1/s1. The number of amidine groups is 1. The van der Waals surface area contributed by atoms with Gasteiger partial charge in [0.15, 0.2) is 5.17 Å². The lowest BCUT2D eigenvalue weighted by Crippen LogP contribution is -2.31. The highest BCUT2D eigenvalue weighted by Gasteiger charge is 2.22. The SMILES string of the molecule is CC(C)[C@H]1CSC(=NCCCN(C)Cc2ccccc2)N1. The summed E-state index contributed by atoms with van der Waals surface area (Å²) < 4.78 is 0. The first kappa shape index (κ1) is 16.4. The molecule has 4 heteroatoms. The van der Waals surface area contributed by atoms with E-state index in [9.17, 15) is 0 Å². The number of benzene rings is 1. The Hall–Kier alpha value is -1.00. The number of rotatable bonds is 7. The van der Waals surface area contributed by atoms with E-state index in [0.29, 0.717) is 12.0 Å². The molecule has 0 aromatic heterocycles. The van der Waals surface area contributed by atoms with Gasteiger partial charge in [-0.1, -0.05) is 55.9 Å². The molecule has 1 heterocycles. The predicted molar refractivity (Wildman–Crippen MR) is 93.9 cm³/mol. The Morgan fingerprint density at radius 3 is 2.76 bits per heavy atom. The molecule has 0 aliphatic carbocycles. The van der Waals surface area contributed by atoms with Crippen molar-refractivity contribution in [3.05, 3.63) is 35.9 Å². The van der Waals surface area contributed by atoms with Crippen molar-refractivity contribution in [2.45, 2.75) is 32.9 Å². The fraction of sp³-hybridized carbons (Fsp3) is 0.588. The number of nitrogens with one attached hydrogen (secondary N) is 1. The minimum absolute atomic E-state index is 0.592. The lowest BCUT2D eigenvalue weighted by Gasteiger charge is -2.16. The van der Waals surface area contributed by atoms with Crippen LogP contribution in [0, 0.1) is 5.92 Å². The summed E-state index contributed by atoms with van der Waals surface area (Å²) in [7, 11) is 2.18. The predicted octanol–water partition coefficient (Wildman–Crippen LogP) is 3.23. The van der Waals surface area contributed by atoms with Gasteiger partial charge >= 0.3 is 0 Å². The summed E-state index contributed by atoms with van der Waals surface area (Å²) in [6, 6.07) is 11.2. The Balaban J connectivity index is 1.63. The highest BCUT2D eigenvalue weighted by atomic mass is 32.2. The molecule has 0 radical (unpaired) electrons. The van der Waals surface area contributed by atoms with Gasteiger partial charge < -0.3 is 10.2 Å². The molecule has 3 nitrogen and oxygen atoms in total. The normalized spacial score (nSPS) is 20.4. The molecule has 0 spiro atoms. The number of hydrogen-bond acceptors (Lipinski definition) is 3. The van der Waals surface area contributed by atoms with Crippen molar-refractivity contribution < 1.29 is 0 Å². The lowest BCUT2D eigenvalue weighted by molar-refractivity contribution is 0.324. The molecule has 0 unspecified atom stereocenters. The van der Waals surface area contributed by atoms with E-state index in [1.807, 2.05) is 11.8 Å². The minimum Gasteiger partial charge on any atom is -0.361 e. The Labute approximate surface area is 133 Å². The van der Waals surface area contributed by atoms with Crippen molar-refractivity contribution in [2.75, 3.05) is 25.9 Å². The van der Waals surface area contributed by atoms with Crippen molar-refractivity contribution in [1.82, 2.24) is 10.2 Å². The van der Waals surface area contributed by atoms with Crippen LogP contribution in [0.3, 0.4) is 0 Å². The van der Waals surface area contributed by atoms with Gasteiger partial charge in [0.25, 0.3) is 0 Å². The largest absolute Gasteiger partial charge is 0.361 e. The van der Waals surface area contributed by atoms with Crippen molar-refractivity contribution in [1.29, 1.82) is 0 Å². The molecule has 21 heavy (non-hydrogen) atoms. The van der Waals surface area contributed by atoms with E-state index >= 15 is 0 Å². The number of nitrogens with zero attached hydrogens (tertiary/aromatic N) is 2. The van der Waals surface area contributed by atoms with E-state index in [1.165, 1.54) is 5.56 Å². The molecule has 0 bridgehead atoms. The average molecular weight is 305 g/mol. The number of thioether (sulfide) groups is 1. The third kappa shape index (κ3) is 5.71. The van der Waals surface area contributed by atoms with Gasteiger partial charge in [0.1, 0.15) is 0 Å². The van der Waals surface area contributed by atoms with Crippen molar-refractivity contribution in [3.63, 3.8) is 0 Å². The Bertz CT molecular complexity index is 445. The highest BCUT2D eigenvalue weighted by Crippen LogP contribution is 2.18. The van der Waals surface area contributed by atoms with Crippen LogP contribution in [-0.2, 0) is 6.54 Å². The molecular formula is C17H27N3S. The summed E-state index contributed by atoms with van der Waals surface area (Å²) in [5, 5.41) is 4.66.